The lowest BCUT2D eigenvalue weighted by molar-refractivity contribution is -0.160. The molecule has 2 unspecified atom stereocenters. The third-order valence-electron chi connectivity index (χ3n) is 4.19. The molecular weight excluding hydrogens is 438 g/mol. The number of nitrogen functional groups attached to an aromatic ring is 1. The number of anilines is 1. The smallest absolute Gasteiger partial charge is 0.330 e. The molecular formula is C16H17N5O7S2. The number of rotatable bonds is 6. The van der Waals surface area contributed by atoms with Gasteiger partial charge in [0.1, 0.15) is 24.2 Å². The molecule has 4 N–H and O–H groups in total. The van der Waals surface area contributed by atoms with Crippen LogP contribution in [0.4, 0.5) is 5.13 Å². The summed E-state index contributed by atoms with van der Waals surface area (Å²) in [5, 5.41) is 16.9. The van der Waals surface area contributed by atoms with Crippen molar-refractivity contribution in [3.05, 3.63) is 22.9 Å². The molecule has 2 saturated heterocycles. The van der Waals surface area contributed by atoms with Gasteiger partial charge in [0.25, 0.3) is 5.91 Å². The standard InChI is InChI=1S/C16H17N5O7S2/c1-6(22)28-3-7-4-29-14-10(13(24)21(14)11(7)15(25)26)19-12(23)9(20-27-2)8-5-30-16(17)18-8/h3,5,10-11,14H,4H2,1-2H3,(H2,17,18)(H,19,23)(H,25,26)/t10?,11?,14-/m0/s1. The van der Waals surface area contributed by atoms with Crippen molar-refractivity contribution in [3.8, 4) is 0 Å². The Morgan fingerprint density at radius 2 is 2.20 bits per heavy atom. The first kappa shape index (κ1) is 21.6. The van der Waals surface area contributed by atoms with Crippen molar-refractivity contribution >= 4 is 57.7 Å². The van der Waals surface area contributed by atoms with Crippen molar-refractivity contribution in [2.75, 3.05) is 18.6 Å². The highest BCUT2D eigenvalue weighted by Crippen LogP contribution is 2.40. The molecule has 0 aromatic carbocycles. The van der Waals surface area contributed by atoms with Crippen LogP contribution in [0.3, 0.4) is 0 Å². The Labute approximate surface area is 178 Å². The van der Waals surface area contributed by atoms with Crippen LogP contribution < -0.4 is 11.1 Å². The molecule has 3 rings (SSSR count). The zero-order chi connectivity index (χ0) is 22.0. The molecule has 0 aliphatic carbocycles. The number of ether oxygens (including phenoxy) is 1. The van der Waals surface area contributed by atoms with Crippen molar-refractivity contribution in [2.24, 2.45) is 5.16 Å². The Kier molecular flexibility index (Phi) is 6.26. The van der Waals surface area contributed by atoms with Crippen LogP contribution in [0, 0.1) is 0 Å². The van der Waals surface area contributed by atoms with E-state index in [2.05, 4.69) is 20.3 Å². The van der Waals surface area contributed by atoms with Crippen molar-refractivity contribution in [1.29, 1.82) is 0 Å². The lowest BCUT2D eigenvalue weighted by Crippen LogP contribution is -2.75. The lowest BCUT2D eigenvalue weighted by atomic mass is 9.98. The van der Waals surface area contributed by atoms with Gasteiger partial charge in [0.05, 0.1) is 6.26 Å². The fourth-order valence-electron chi connectivity index (χ4n) is 2.95. The van der Waals surface area contributed by atoms with Crippen molar-refractivity contribution < 1.29 is 33.9 Å². The number of carbonyl (C=O) groups is 4. The third kappa shape index (κ3) is 4.09. The number of fused-ring (bicyclic) bond motifs is 1. The number of carboxylic acid groups (broad SMARTS) is 1. The monoisotopic (exact) mass is 455 g/mol. The first-order valence-electron chi connectivity index (χ1n) is 8.40. The third-order valence-corrected chi connectivity index (χ3v) is 6.20. The molecule has 3 heterocycles. The maximum atomic E-state index is 12.7. The number of aromatic nitrogens is 1. The fourth-order valence-corrected chi connectivity index (χ4v) is 4.85. The molecule has 1 aromatic rings. The van der Waals surface area contributed by atoms with Crippen molar-refractivity contribution in [2.45, 2.75) is 24.4 Å². The normalized spacial score (nSPS) is 24.7. The second-order valence-electron chi connectivity index (χ2n) is 6.13. The van der Waals surface area contributed by atoms with Crippen LogP contribution in [0.5, 0.6) is 0 Å². The van der Waals surface area contributed by atoms with E-state index in [0.717, 1.165) is 22.5 Å². The van der Waals surface area contributed by atoms with Gasteiger partial charge in [-0.15, -0.1) is 23.1 Å². The van der Waals surface area contributed by atoms with Crippen LogP contribution >= 0.6 is 23.1 Å². The number of hydrogen-bond acceptors (Lipinski definition) is 11. The predicted octanol–water partition coefficient (Wildman–Crippen LogP) is -0.624. The molecule has 0 saturated carbocycles. The number of nitrogens with two attached hydrogens (primary N) is 1. The molecule has 3 atom stereocenters. The van der Waals surface area contributed by atoms with E-state index >= 15 is 0 Å². The van der Waals surface area contributed by atoms with Gasteiger partial charge in [-0.2, -0.15) is 0 Å². The number of esters is 1. The van der Waals surface area contributed by atoms with Gasteiger partial charge in [0.15, 0.2) is 16.9 Å². The Morgan fingerprint density at radius 1 is 1.47 bits per heavy atom. The number of nitrogens with one attached hydrogen (secondary N) is 1. The second-order valence-corrected chi connectivity index (χ2v) is 8.13. The molecule has 14 heteroatoms. The molecule has 0 radical (unpaired) electrons. The number of hydrogen-bond donors (Lipinski definition) is 3. The van der Waals surface area contributed by atoms with Crippen LogP contribution in [0.25, 0.3) is 0 Å². The highest BCUT2D eigenvalue weighted by molar-refractivity contribution is 8.00. The van der Waals surface area contributed by atoms with Gasteiger partial charge < -0.3 is 30.6 Å². The molecule has 12 nitrogen and oxygen atoms in total. The number of carbonyl (C=O) groups excluding carboxylic acids is 3. The fraction of sp³-hybridized carbons (Fsp3) is 0.375. The van der Waals surface area contributed by atoms with Gasteiger partial charge in [-0.3, -0.25) is 14.4 Å². The maximum absolute atomic E-state index is 12.7. The lowest BCUT2D eigenvalue weighted by Gasteiger charge is -2.52. The van der Waals surface area contributed by atoms with Gasteiger partial charge in [-0.25, -0.2) is 9.78 Å². The summed E-state index contributed by atoms with van der Waals surface area (Å²) in [5.41, 5.74) is 5.87. The number of aliphatic carboxylic acids is 1. The summed E-state index contributed by atoms with van der Waals surface area (Å²) < 4.78 is 4.77. The molecule has 2 aliphatic heterocycles. The Balaban J connectivity index is 1.76. The average Bonchev–Trinajstić information content (AvgIpc) is 3.13. The topological polar surface area (TPSA) is 174 Å². The van der Waals surface area contributed by atoms with Crippen LogP contribution in [-0.4, -0.2) is 74.8 Å². The molecule has 2 aliphatic rings. The first-order chi connectivity index (χ1) is 14.2. The van der Waals surface area contributed by atoms with Gasteiger partial charge >= 0.3 is 11.9 Å². The van der Waals surface area contributed by atoms with Gasteiger partial charge in [0, 0.05) is 23.6 Å². The van der Waals surface area contributed by atoms with Crippen molar-refractivity contribution in [1.82, 2.24) is 15.2 Å². The molecule has 0 spiro atoms. The zero-order valence-electron chi connectivity index (χ0n) is 15.7. The van der Waals surface area contributed by atoms with E-state index in [1.165, 1.54) is 31.2 Å². The molecule has 1 aromatic heterocycles. The van der Waals surface area contributed by atoms with Gasteiger partial charge in [-0.05, 0) is 0 Å². The van der Waals surface area contributed by atoms with Crippen LogP contribution in [-0.2, 0) is 28.8 Å². The second kappa shape index (κ2) is 8.71. The van der Waals surface area contributed by atoms with E-state index in [1.807, 2.05) is 0 Å². The summed E-state index contributed by atoms with van der Waals surface area (Å²) in [6.07, 6.45) is 1.06. The predicted molar refractivity (Wildman–Crippen MR) is 106 cm³/mol. The molecule has 160 valence electrons. The Bertz CT molecular complexity index is 960. The minimum absolute atomic E-state index is 0.164. The van der Waals surface area contributed by atoms with Crippen molar-refractivity contribution in [3.63, 3.8) is 0 Å². The number of oxime groups is 1. The van der Waals surface area contributed by atoms with E-state index in [-0.39, 0.29) is 27.9 Å². The minimum atomic E-state index is -1.29. The van der Waals surface area contributed by atoms with Gasteiger partial charge in [-0.1, -0.05) is 5.16 Å². The van der Waals surface area contributed by atoms with Gasteiger partial charge in [0.2, 0.25) is 5.91 Å². The quantitative estimate of drug-likeness (QED) is 0.165. The number of thiazole rings is 1. The number of thioether (sulfide) groups is 1. The number of carboxylic acids is 1. The summed E-state index contributed by atoms with van der Waals surface area (Å²) >= 11 is 2.34. The SMILES string of the molecule is CON=C(C(=O)NC1C(=O)N2C(C(=O)O)C(=COC(C)=O)CS[C@@H]12)c1csc(N)n1. The first-order valence-corrected chi connectivity index (χ1v) is 10.3. The summed E-state index contributed by atoms with van der Waals surface area (Å²) in [6, 6.07) is -2.25. The summed E-state index contributed by atoms with van der Waals surface area (Å²) in [7, 11) is 1.25. The summed E-state index contributed by atoms with van der Waals surface area (Å²) in [5.74, 6) is -2.97. The molecule has 0 bridgehead atoms. The van der Waals surface area contributed by atoms with E-state index < -0.39 is 41.2 Å². The highest BCUT2D eigenvalue weighted by atomic mass is 32.2. The van der Waals surface area contributed by atoms with Crippen LogP contribution in [0.2, 0.25) is 0 Å². The van der Waals surface area contributed by atoms with E-state index in [1.54, 1.807) is 0 Å². The number of β-lactam (4-membered cyclic amide) rings is 1. The Hall–Kier alpha value is -3.13. The number of nitrogens with zero attached hydrogens (tertiary/aromatic N) is 3. The summed E-state index contributed by atoms with van der Waals surface area (Å²) in [6.45, 7) is 1.18. The minimum Gasteiger partial charge on any atom is -0.479 e. The van der Waals surface area contributed by atoms with Crippen LogP contribution in [0.15, 0.2) is 22.4 Å². The zero-order valence-corrected chi connectivity index (χ0v) is 17.4. The Morgan fingerprint density at radius 3 is 2.77 bits per heavy atom. The largest absolute Gasteiger partial charge is 0.479 e. The van der Waals surface area contributed by atoms with E-state index in [0.29, 0.717) is 0 Å². The molecule has 2 fully saturated rings. The van der Waals surface area contributed by atoms with Crippen LogP contribution in [0.1, 0.15) is 12.6 Å². The molecule has 30 heavy (non-hydrogen) atoms. The number of amides is 2. The highest BCUT2D eigenvalue weighted by Gasteiger charge is 2.57. The maximum Gasteiger partial charge on any atom is 0.330 e. The molecule has 2 amide bonds. The summed E-state index contributed by atoms with van der Waals surface area (Å²) in [4.78, 5) is 57.8. The van der Waals surface area contributed by atoms with E-state index in [4.69, 9.17) is 10.5 Å². The van der Waals surface area contributed by atoms with E-state index in [9.17, 15) is 24.3 Å². The average molecular weight is 455 g/mol.